The van der Waals surface area contributed by atoms with Gasteiger partial charge >= 0.3 is 11.9 Å². The number of nitrogens with two attached hydrogens (primary N) is 2. The number of rotatable bonds is 15. The van der Waals surface area contributed by atoms with E-state index in [0.717, 1.165) is 18.4 Å². The maximum atomic E-state index is 13.3. The second kappa shape index (κ2) is 14.6. The zero-order valence-electron chi connectivity index (χ0n) is 19.3. The van der Waals surface area contributed by atoms with Crippen LogP contribution < -0.4 is 16.8 Å². The third-order valence-electron chi connectivity index (χ3n) is 5.92. The molecule has 1 aromatic carbocycles. The molecule has 9 nitrogen and oxygen atoms in total. The Hall–Kier alpha value is -2.49. The number of nitrogens with one attached hydrogen (secondary N) is 1. The molecule has 0 bridgehead atoms. The van der Waals surface area contributed by atoms with Crippen molar-refractivity contribution in [3.05, 3.63) is 35.9 Å². The third-order valence-corrected chi connectivity index (χ3v) is 5.92. The fourth-order valence-electron chi connectivity index (χ4n) is 4.09. The molecule has 2 rings (SSSR count). The van der Waals surface area contributed by atoms with Gasteiger partial charge in [0, 0.05) is 6.54 Å². The number of esters is 1. The number of benzene rings is 1. The first-order chi connectivity index (χ1) is 16.0. The number of hydrogen-bond donors (Lipinski definition) is 4. The van der Waals surface area contributed by atoms with Crippen molar-refractivity contribution in [2.75, 3.05) is 19.6 Å². The number of carboxylic acids is 1. The Balaban J connectivity index is 2.11. The summed E-state index contributed by atoms with van der Waals surface area (Å²) in [5.74, 6) is -1.70. The van der Waals surface area contributed by atoms with Crippen molar-refractivity contribution < 1.29 is 24.2 Å². The van der Waals surface area contributed by atoms with Gasteiger partial charge in [-0.25, -0.2) is 4.79 Å². The van der Waals surface area contributed by atoms with E-state index in [9.17, 15) is 19.5 Å². The summed E-state index contributed by atoms with van der Waals surface area (Å²) in [6, 6.07) is 7.22. The number of amides is 1. The van der Waals surface area contributed by atoms with E-state index < -0.39 is 30.1 Å². The van der Waals surface area contributed by atoms with E-state index in [-0.39, 0.29) is 12.5 Å². The molecule has 184 valence electrons. The highest BCUT2D eigenvalue weighted by molar-refractivity contribution is 5.88. The number of carboxylic acid groups (broad SMARTS) is 1. The summed E-state index contributed by atoms with van der Waals surface area (Å²) in [7, 11) is 0. The van der Waals surface area contributed by atoms with E-state index in [1.165, 1.54) is 4.90 Å². The summed E-state index contributed by atoms with van der Waals surface area (Å²) in [4.78, 5) is 39.3. The van der Waals surface area contributed by atoms with Crippen LogP contribution >= 0.6 is 0 Å². The van der Waals surface area contributed by atoms with Crippen LogP contribution in [0.5, 0.6) is 0 Å². The minimum Gasteiger partial charge on any atom is -0.480 e. The molecule has 1 unspecified atom stereocenters. The van der Waals surface area contributed by atoms with Gasteiger partial charge in [-0.15, -0.1) is 0 Å². The highest BCUT2D eigenvalue weighted by atomic mass is 16.5. The molecule has 3 atom stereocenters. The predicted molar refractivity (Wildman–Crippen MR) is 125 cm³/mol. The molecule has 1 amide bonds. The van der Waals surface area contributed by atoms with E-state index in [1.54, 1.807) is 0 Å². The Labute approximate surface area is 195 Å². The highest BCUT2D eigenvalue weighted by Gasteiger charge is 2.38. The first-order valence-corrected chi connectivity index (χ1v) is 11.9. The van der Waals surface area contributed by atoms with Crippen LogP contribution in [0, 0.1) is 0 Å². The number of ether oxygens (including phenoxy) is 1. The number of carbonyl (C=O) groups is 3. The Kier molecular flexibility index (Phi) is 11.9. The molecule has 1 aromatic rings. The Morgan fingerprint density at radius 3 is 2.27 bits per heavy atom. The van der Waals surface area contributed by atoms with E-state index in [4.69, 9.17) is 16.2 Å². The van der Waals surface area contributed by atoms with Crippen molar-refractivity contribution in [2.24, 2.45) is 11.5 Å². The molecule has 1 saturated heterocycles. The van der Waals surface area contributed by atoms with Crippen LogP contribution in [0.4, 0.5) is 0 Å². The van der Waals surface area contributed by atoms with Gasteiger partial charge in [0.15, 0.2) is 0 Å². The number of unbranched alkanes of at least 4 members (excludes halogenated alkanes) is 2. The van der Waals surface area contributed by atoms with Gasteiger partial charge in [-0.1, -0.05) is 43.2 Å². The number of likely N-dealkylation sites (tertiary alicyclic amines) is 1. The van der Waals surface area contributed by atoms with Crippen molar-refractivity contribution in [1.29, 1.82) is 0 Å². The van der Waals surface area contributed by atoms with Crippen LogP contribution in [0.1, 0.15) is 56.9 Å². The fourth-order valence-corrected chi connectivity index (χ4v) is 4.09. The fraction of sp³-hybridized carbons (Fsp3) is 0.625. The molecule has 0 spiro atoms. The van der Waals surface area contributed by atoms with Gasteiger partial charge in [0.05, 0.1) is 6.04 Å². The standard InChI is InChI=1S/C24H38N4O5/c25-14-6-4-11-19(22(29)28-16-8-13-21(28)23(30)31)27-20(12-5-7-15-26)24(32)33-17-18-9-2-1-3-10-18/h1-3,9-10,19-21,27H,4-8,11-17,25-26H2,(H,30,31)/t19-,20?,21-/m0/s1. The van der Waals surface area contributed by atoms with Crippen LogP contribution in [0.3, 0.4) is 0 Å². The first-order valence-electron chi connectivity index (χ1n) is 11.9. The molecule has 1 aliphatic heterocycles. The molecule has 1 fully saturated rings. The summed E-state index contributed by atoms with van der Waals surface area (Å²) in [5, 5.41) is 12.7. The van der Waals surface area contributed by atoms with Crippen LogP contribution in [-0.4, -0.2) is 65.6 Å². The average Bonchev–Trinajstić information content (AvgIpc) is 3.32. The summed E-state index contributed by atoms with van der Waals surface area (Å²) in [5.41, 5.74) is 12.1. The van der Waals surface area contributed by atoms with Gasteiger partial charge in [0.1, 0.15) is 18.7 Å². The lowest BCUT2D eigenvalue weighted by molar-refractivity contribution is -0.151. The summed E-state index contributed by atoms with van der Waals surface area (Å²) in [6.07, 6.45) is 4.94. The maximum absolute atomic E-state index is 13.3. The monoisotopic (exact) mass is 462 g/mol. The average molecular weight is 463 g/mol. The largest absolute Gasteiger partial charge is 0.480 e. The molecule has 1 aliphatic rings. The van der Waals surface area contributed by atoms with E-state index >= 15 is 0 Å². The molecule has 6 N–H and O–H groups in total. The van der Waals surface area contributed by atoms with Crippen LogP contribution in [0.25, 0.3) is 0 Å². The minimum absolute atomic E-state index is 0.147. The zero-order chi connectivity index (χ0) is 24.1. The number of aliphatic carboxylic acids is 1. The van der Waals surface area contributed by atoms with Crippen molar-refractivity contribution in [3.63, 3.8) is 0 Å². The number of carbonyl (C=O) groups excluding carboxylic acids is 2. The first kappa shape index (κ1) is 26.8. The van der Waals surface area contributed by atoms with E-state index in [1.807, 2.05) is 30.3 Å². The molecule has 33 heavy (non-hydrogen) atoms. The van der Waals surface area contributed by atoms with Crippen LogP contribution in [-0.2, 0) is 25.7 Å². The van der Waals surface area contributed by atoms with Crippen LogP contribution in [0.2, 0.25) is 0 Å². The molecule has 0 aliphatic carbocycles. The number of hydrogen-bond acceptors (Lipinski definition) is 7. The van der Waals surface area contributed by atoms with Gasteiger partial charge in [-0.2, -0.15) is 0 Å². The van der Waals surface area contributed by atoms with Crippen molar-refractivity contribution in [3.8, 4) is 0 Å². The Bertz CT molecular complexity index is 746. The molecular weight excluding hydrogens is 424 g/mol. The summed E-state index contributed by atoms with van der Waals surface area (Å²) >= 11 is 0. The maximum Gasteiger partial charge on any atom is 0.326 e. The zero-order valence-corrected chi connectivity index (χ0v) is 19.3. The van der Waals surface area contributed by atoms with Crippen molar-refractivity contribution >= 4 is 17.8 Å². The van der Waals surface area contributed by atoms with Gasteiger partial charge in [0.25, 0.3) is 0 Å². The van der Waals surface area contributed by atoms with Gasteiger partial charge in [-0.3, -0.25) is 14.9 Å². The molecular formula is C24H38N4O5. The quantitative estimate of drug-likeness (QED) is 0.226. The summed E-state index contributed by atoms with van der Waals surface area (Å²) in [6.45, 7) is 1.56. The predicted octanol–water partition coefficient (Wildman–Crippen LogP) is 1.39. The lowest BCUT2D eigenvalue weighted by Gasteiger charge is -2.30. The molecule has 0 saturated carbocycles. The van der Waals surface area contributed by atoms with E-state index in [2.05, 4.69) is 5.32 Å². The minimum atomic E-state index is -0.997. The van der Waals surface area contributed by atoms with Crippen molar-refractivity contribution in [2.45, 2.75) is 76.1 Å². The van der Waals surface area contributed by atoms with Gasteiger partial charge < -0.3 is 26.2 Å². The smallest absolute Gasteiger partial charge is 0.326 e. The summed E-state index contributed by atoms with van der Waals surface area (Å²) < 4.78 is 5.54. The lowest BCUT2D eigenvalue weighted by Crippen LogP contribution is -2.54. The highest BCUT2D eigenvalue weighted by Crippen LogP contribution is 2.20. The third kappa shape index (κ3) is 8.75. The van der Waals surface area contributed by atoms with Crippen LogP contribution in [0.15, 0.2) is 30.3 Å². The number of nitrogens with zero attached hydrogens (tertiary/aromatic N) is 1. The van der Waals surface area contributed by atoms with Gasteiger partial charge in [0.2, 0.25) is 5.91 Å². The van der Waals surface area contributed by atoms with Gasteiger partial charge in [-0.05, 0) is 57.2 Å². The second-order valence-electron chi connectivity index (χ2n) is 8.46. The molecule has 9 heteroatoms. The SMILES string of the molecule is NCCCCC(N[C@@H](CCCCN)C(=O)N1CCC[C@H]1C(=O)O)C(=O)OCc1ccccc1. The van der Waals surface area contributed by atoms with E-state index in [0.29, 0.717) is 58.2 Å². The molecule has 0 radical (unpaired) electrons. The molecule has 0 aromatic heterocycles. The van der Waals surface area contributed by atoms with Crippen molar-refractivity contribution in [1.82, 2.24) is 10.2 Å². The normalized spacial score (nSPS) is 17.5. The Morgan fingerprint density at radius 1 is 1.03 bits per heavy atom. The Morgan fingerprint density at radius 2 is 1.67 bits per heavy atom. The topological polar surface area (TPSA) is 148 Å². The molecule has 1 heterocycles. The lowest BCUT2D eigenvalue weighted by atomic mass is 10.0. The second-order valence-corrected chi connectivity index (χ2v) is 8.46.